The number of nitrogens with one attached hydrogen (secondary N) is 1. The van der Waals surface area contributed by atoms with Crippen molar-refractivity contribution in [2.24, 2.45) is 0 Å². The predicted molar refractivity (Wildman–Crippen MR) is 152 cm³/mol. The number of carbonyl (C=O) groups is 2. The van der Waals surface area contributed by atoms with Gasteiger partial charge >= 0.3 is 5.97 Å². The van der Waals surface area contributed by atoms with Gasteiger partial charge in [-0.2, -0.15) is 0 Å². The zero-order valence-electron chi connectivity index (χ0n) is 20.6. The summed E-state index contributed by atoms with van der Waals surface area (Å²) >= 11 is 12.6. The highest BCUT2D eigenvalue weighted by atomic mass is 35.5. The Balaban J connectivity index is 1.79. The number of amides is 1. The number of carboxylic acids is 1. The normalized spacial score (nSPS) is 11.4. The number of nitrogens with zero attached hydrogens (tertiary/aromatic N) is 1. The molecule has 0 bridgehead atoms. The average Bonchev–Trinajstić information content (AvgIpc) is 3.30. The van der Waals surface area contributed by atoms with Gasteiger partial charge in [0.25, 0.3) is 0 Å². The molecule has 0 spiro atoms. The van der Waals surface area contributed by atoms with Gasteiger partial charge in [0.15, 0.2) is 0 Å². The highest BCUT2D eigenvalue weighted by Gasteiger charge is 2.31. The molecule has 11 heteroatoms. The van der Waals surface area contributed by atoms with Gasteiger partial charge in [0.1, 0.15) is 5.69 Å². The number of carboxylic acid groups (broad SMARTS) is 1. The molecule has 40 heavy (non-hydrogen) atoms. The summed E-state index contributed by atoms with van der Waals surface area (Å²) in [6.45, 7) is 0. The number of aliphatic carboxylic acids is 1. The van der Waals surface area contributed by atoms with Gasteiger partial charge in [-0.05, 0) is 42.0 Å². The number of rotatable bonds is 8. The van der Waals surface area contributed by atoms with Crippen molar-refractivity contribution in [1.82, 2.24) is 4.98 Å². The van der Waals surface area contributed by atoms with Crippen LogP contribution in [-0.2, 0) is 19.4 Å². The number of benzene rings is 3. The number of hydrogen-bond acceptors (Lipinski definition) is 6. The molecule has 0 fully saturated rings. The second-order valence-electron chi connectivity index (χ2n) is 8.75. The van der Waals surface area contributed by atoms with Crippen LogP contribution in [0, 0.1) is 0 Å². The fourth-order valence-corrected chi connectivity index (χ4v) is 5.85. The molecule has 0 unspecified atom stereocenters. The van der Waals surface area contributed by atoms with E-state index in [0.29, 0.717) is 32.4 Å². The van der Waals surface area contributed by atoms with Gasteiger partial charge in [-0.3, -0.25) is 9.59 Å². The molecule has 0 aliphatic heterocycles. The van der Waals surface area contributed by atoms with Crippen molar-refractivity contribution in [3.8, 4) is 22.4 Å². The minimum atomic E-state index is -4.26. The fraction of sp³-hybridized carbons (Fsp3) is 0.0690. The predicted octanol–water partition coefficient (Wildman–Crippen LogP) is 7.10. The third-order valence-electron chi connectivity index (χ3n) is 6.06. The molecule has 0 aliphatic rings. The molecule has 2 N–H and O–H groups in total. The van der Waals surface area contributed by atoms with Crippen molar-refractivity contribution in [3.05, 3.63) is 95.0 Å². The number of furan rings is 1. The number of pyridine rings is 1. The van der Waals surface area contributed by atoms with Crippen LogP contribution in [0.2, 0.25) is 10.0 Å². The molecule has 0 atom stereocenters. The third kappa shape index (κ3) is 5.44. The number of fused-ring (bicyclic) bond motifs is 1. The minimum absolute atomic E-state index is 0.0562. The Morgan fingerprint density at radius 2 is 1.55 bits per heavy atom. The van der Waals surface area contributed by atoms with E-state index in [2.05, 4.69) is 10.3 Å². The largest absolute Gasteiger partial charge is 0.481 e. The molecule has 5 rings (SSSR count). The first-order valence-corrected chi connectivity index (χ1v) is 14.2. The lowest BCUT2D eigenvalue weighted by Gasteiger charge is -2.12. The zero-order valence-corrected chi connectivity index (χ0v) is 22.9. The number of anilines is 1. The quantitative estimate of drug-likeness (QED) is 0.196. The first-order valence-electron chi connectivity index (χ1n) is 12.0. The lowest BCUT2D eigenvalue weighted by molar-refractivity contribution is -0.138. The van der Waals surface area contributed by atoms with Crippen LogP contribution in [0.5, 0.6) is 0 Å². The SMILES string of the molecule is O=C(O)CCC(=O)Nc1c(S(=O)(=O)c2ccccc2)oc2nc(-c3ccccc3Cl)c(-c3ccc(Cl)cc3)cc12. The van der Waals surface area contributed by atoms with E-state index in [1.54, 1.807) is 72.8 Å². The molecule has 202 valence electrons. The molecule has 0 radical (unpaired) electrons. The Bertz CT molecular complexity index is 1850. The molecule has 0 saturated heterocycles. The molecule has 5 aromatic rings. The Kier molecular flexibility index (Phi) is 7.62. The molecular formula is C29H20Cl2N2O6S. The van der Waals surface area contributed by atoms with Gasteiger partial charge in [0.2, 0.25) is 26.6 Å². The van der Waals surface area contributed by atoms with Crippen molar-refractivity contribution in [3.63, 3.8) is 0 Å². The minimum Gasteiger partial charge on any atom is -0.481 e. The first-order chi connectivity index (χ1) is 19.1. The van der Waals surface area contributed by atoms with Crippen molar-refractivity contribution in [2.75, 3.05) is 5.32 Å². The highest BCUT2D eigenvalue weighted by molar-refractivity contribution is 7.91. The van der Waals surface area contributed by atoms with Crippen molar-refractivity contribution in [1.29, 1.82) is 0 Å². The van der Waals surface area contributed by atoms with Crippen LogP contribution in [0.25, 0.3) is 33.5 Å². The third-order valence-corrected chi connectivity index (χ3v) is 8.31. The lowest BCUT2D eigenvalue weighted by Crippen LogP contribution is -2.15. The van der Waals surface area contributed by atoms with Gasteiger partial charge < -0.3 is 14.8 Å². The second kappa shape index (κ2) is 11.1. The number of hydrogen-bond donors (Lipinski definition) is 2. The number of halogens is 2. The van der Waals surface area contributed by atoms with Gasteiger partial charge in [-0.25, -0.2) is 13.4 Å². The fourth-order valence-electron chi connectivity index (χ4n) is 4.15. The van der Waals surface area contributed by atoms with Gasteiger partial charge in [-0.15, -0.1) is 0 Å². The van der Waals surface area contributed by atoms with Crippen molar-refractivity contribution >= 4 is 61.7 Å². The summed E-state index contributed by atoms with van der Waals surface area (Å²) in [6, 6.07) is 23.3. The summed E-state index contributed by atoms with van der Waals surface area (Å²) in [6.07, 6.45) is -0.810. The van der Waals surface area contributed by atoms with E-state index in [9.17, 15) is 18.0 Å². The maximum absolute atomic E-state index is 13.7. The lowest BCUT2D eigenvalue weighted by atomic mass is 9.98. The van der Waals surface area contributed by atoms with Crippen LogP contribution < -0.4 is 5.32 Å². The summed E-state index contributed by atoms with van der Waals surface area (Å²) in [5.41, 5.74) is 2.07. The summed E-state index contributed by atoms with van der Waals surface area (Å²) in [7, 11) is -4.26. The van der Waals surface area contributed by atoms with Crippen LogP contribution in [0.15, 0.2) is 99.3 Å². The summed E-state index contributed by atoms with van der Waals surface area (Å²) in [5.74, 6) is -1.86. The van der Waals surface area contributed by atoms with E-state index < -0.39 is 33.2 Å². The topological polar surface area (TPSA) is 127 Å². The van der Waals surface area contributed by atoms with E-state index >= 15 is 0 Å². The van der Waals surface area contributed by atoms with Crippen LogP contribution in [-0.4, -0.2) is 30.4 Å². The maximum atomic E-state index is 13.7. The second-order valence-corrected chi connectivity index (χ2v) is 11.4. The molecule has 3 aromatic carbocycles. The smallest absolute Gasteiger partial charge is 0.303 e. The Labute approximate surface area is 239 Å². The zero-order chi connectivity index (χ0) is 28.4. The van der Waals surface area contributed by atoms with Crippen LogP contribution in [0.4, 0.5) is 5.69 Å². The monoisotopic (exact) mass is 594 g/mol. The Morgan fingerprint density at radius 1 is 0.875 bits per heavy atom. The molecule has 2 aromatic heterocycles. The van der Waals surface area contributed by atoms with Crippen molar-refractivity contribution < 1.29 is 27.5 Å². The van der Waals surface area contributed by atoms with E-state index in [1.165, 1.54) is 12.1 Å². The Morgan fingerprint density at radius 3 is 2.23 bits per heavy atom. The average molecular weight is 595 g/mol. The van der Waals surface area contributed by atoms with Crippen LogP contribution in [0.3, 0.4) is 0 Å². The van der Waals surface area contributed by atoms with Gasteiger partial charge in [0.05, 0.1) is 22.4 Å². The molecular weight excluding hydrogens is 575 g/mol. The molecule has 0 aliphatic carbocycles. The standard InChI is InChI=1S/C29H20Cl2N2O6S/c30-18-12-10-17(11-13-18)21-16-22-27(32-24(34)14-15-25(35)36)29(40(37,38)19-6-2-1-3-7-19)39-28(22)33-26(21)20-8-4-5-9-23(20)31/h1-13,16H,14-15H2,(H,32,34)(H,35,36). The van der Waals surface area contributed by atoms with Gasteiger partial charge in [0, 0.05) is 27.6 Å². The van der Waals surface area contributed by atoms with Gasteiger partial charge in [-0.1, -0.05) is 71.7 Å². The van der Waals surface area contributed by atoms with Crippen LogP contribution >= 0.6 is 23.2 Å². The van der Waals surface area contributed by atoms with E-state index in [4.69, 9.17) is 32.7 Å². The summed E-state index contributed by atoms with van der Waals surface area (Å²) in [4.78, 5) is 28.4. The number of aromatic nitrogens is 1. The molecule has 2 heterocycles. The van der Waals surface area contributed by atoms with E-state index in [-0.39, 0.29) is 28.1 Å². The first kappa shape index (κ1) is 27.4. The van der Waals surface area contributed by atoms with E-state index in [0.717, 1.165) is 0 Å². The number of sulfone groups is 1. The molecule has 0 saturated carbocycles. The van der Waals surface area contributed by atoms with Crippen LogP contribution in [0.1, 0.15) is 12.8 Å². The molecule has 8 nitrogen and oxygen atoms in total. The van der Waals surface area contributed by atoms with E-state index in [1.807, 2.05) is 0 Å². The molecule has 1 amide bonds. The Hall–Kier alpha value is -4.18. The maximum Gasteiger partial charge on any atom is 0.303 e. The summed E-state index contributed by atoms with van der Waals surface area (Å²) < 4.78 is 33.2. The highest BCUT2D eigenvalue weighted by Crippen LogP contribution is 2.42. The summed E-state index contributed by atoms with van der Waals surface area (Å²) in [5, 5.41) is 12.2. The number of carbonyl (C=O) groups excluding carboxylic acids is 1. The van der Waals surface area contributed by atoms with Crippen molar-refractivity contribution in [2.45, 2.75) is 22.8 Å².